The molecule has 0 bridgehead atoms. The zero-order chi connectivity index (χ0) is 7.68. The van der Waals surface area contributed by atoms with Crippen LogP contribution >= 0.6 is 0 Å². The van der Waals surface area contributed by atoms with Crippen LogP contribution in [0, 0.1) is 0 Å². The topological polar surface area (TPSA) is 27.1 Å². The van der Waals surface area contributed by atoms with E-state index in [1.807, 2.05) is 12.4 Å². The molecule has 0 aliphatic carbocycles. The fourth-order valence-electron chi connectivity index (χ4n) is 1.53. The fourth-order valence-corrected chi connectivity index (χ4v) is 1.53. The zero-order valence-electron chi connectivity index (χ0n) is 6.66. The first-order chi connectivity index (χ1) is 5.40. The van der Waals surface area contributed by atoms with Crippen LogP contribution in [0.4, 0.5) is 0 Å². The minimum Gasteiger partial charge on any atom is -0.380 e. The Bertz CT molecular complexity index is 244. The van der Waals surface area contributed by atoms with Gasteiger partial charge < -0.3 is 9.30 Å². The van der Waals surface area contributed by atoms with Crippen molar-refractivity contribution in [3.05, 3.63) is 18.2 Å². The molecule has 11 heavy (non-hydrogen) atoms. The molecule has 0 amide bonds. The smallest absolute Gasteiger partial charge is 0.108 e. The summed E-state index contributed by atoms with van der Waals surface area (Å²) in [6, 6.07) is 0. The molecule has 1 aliphatic heterocycles. The average Bonchev–Trinajstić information content (AvgIpc) is 2.50. The first-order valence-electron chi connectivity index (χ1n) is 3.93. The first-order valence-corrected chi connectivity index (χ1v) is 3.93. The van der Waals surface area contributed by atoms with Crippen molar-refractivity contribution in [2.24, 2.45) is 0 Å². The summed E-state index contributed by atoms with van der Waals surface area (Å²) >= 11 is 0. The van der Waals surface area contributed by atoms with Gasteiger partial charge in [-0.1, -0.05) is 0 Å². The van der Waals surface area contributed by atoms with E-state index < -0.39 is 0 Å². The number of hydrogen-bond acceptors (Lipinski definition) is 2. The summed E-state index contributed by atoms with van der Waals surface area (Å²) in [5.41, 5.74) is 0. The second-order valence-corrected chi connectivity index (χ2v) is 2.89. The molecular formula is C8H12N2O. The van der Waals surface area contributed by atoms with Crippen molar-refractivity contribution in [2.45, 2.75) is 25.5 Å². The van der Waals surface area contributed by atoms with Crippen molar-refractivity contribution in [1.82, 2.24) is 9.55 Å². The number of nitrogens with zero attached hydrogens (tertiary/aromatic N) is 2. The third-order valence-corrected chi connectivity index (χ3v) is 2.23. The van der Waals surface area contributed by atoms with Gasteiger partial charge in [0.1, 0.15) is 5.82 Å². The highest BCUT2D eigenvalue weighted by Crippen LogP contribution is 2.14. The Morgan fingerprint density at radius 1 is 1.73 bits per heavy atom. The van der Waals surface area contributed by atoms with Gasteiger partial charge in [-0.05, 0) is 6.42 Å². The lowest BCUT2D eigenvalue weighted by molar-refractivity contribution is 0.0706. The Hall–Kier alpha value is -0.830. The molecule has 3 heteroatoms. The number of imidazole rings is 1. The molecule has 1 atom stereocenters. The molecule has 0 radical (unpaired) electrons. The van der Waals surface area contributed by atoms with Crippen LogP contribution in [0.5, 0.6) is 0 Å². The Morgan fingerprint density at radius 2 is 2.64 bits per heavy atom. The van der Waals surface area contributed by atoms with Crippen LogP contribution in [0.25, 0.3) is 0 Å². The van der Waals surface area contributed by atoms with Gasteiger partial charge in [0.25, 0.3) is 0 Å². The summed E-state index contributed by atoms with van der Waals surface area (Å²) in [5.74, 6) is 1.19. The van der Waals surface area contributed by atoms with E-state index in [0.29, 0.717) is 6.10 Å². The second-order valence-electron chi connectivity index (χ2n) is 2.89. The maximum absolute atomic E-state index is 5.27. The van der Waals surface area contributed by atoms with Crippen LogP contribution in [-0.4, -0.2) is 22.8 Å². The number of methoxy groups -OCH3 is 1. The largest absolute Gasteiger partial charge is 0.380 e. The number of rotatable bonds is 1. The maximum Gasteiger partial charge on any atom is 0.108 e. The predicted octanol–water partition coefficient (Wildman–Crippen LogP) is 0.844. The summed E-state index contributed by atoms with van der Waals surface area (Å²) in [6.45, 7) is 0.964. The molecule has 60 valence electrons. The van der Waals surface area contributed by atoms with Crippen LogP contribution in [0.3, 0.4) is 0 Å². The van der Waals surface area contributed by atoms with E-state index >= 15 is 0 Å². The van der Waals surface area contributed by atoms with Crippen molar-refractivity contribution in [2.75, 3.05) is 7.11 Å². The first kappa shape index (κ1) is 6.85. The third-order valence-electron chi connectivity index (χ3n) is 2.23. The molecule has 1 aliphatic rings. The molecule has 0 aromatic carbocycles. The molecule has 1 aromatic heterocycles. The van der Waals surface area contributed by atoms with Gasteiger partial charge in [-0.3, -0.25) is 0 Å². The third kappa shape index (κ3) is 1.16. The van der Waals surface area contributed by atoms with Gasteiger partial charge in [-0.15, -0.1) is 0 Å². The molecule has 2 rings (SSSR count). The van der Waals surface area contributed by atoms with Gasteiger partial charge in [-0.2, -0.15) is 0 Å². The molecule has 2 heterocycles. The molecule has 0 saturated carbocycles. The van der Waals surface area contributed by atoms with Gasteiger partial charge in [0, 0.05) is 25.9 Å². The van der Waals surface area contributed by atoms with Crippen molar-refractivity contribution in [3.8, 4) is 0 Å². The highest BCUT2D eigenvalue weighted by atomic mass is 16.5. The number of hydrogen-bond donors (Lipinski definition) is 0. The molecular weight excluding hydrogens is 140 g/mol. The highest BCUT2D eigenvalue weighted by Gasteiger charge is 2.17. The van der Waals surface area contributed by atoms with E-state index in [0.717, 1.165) is 19.4 Å². The van der Waals surface area contributed by atoms with E-state index in [4.69, 9.17) is 4.74 Å². The Balaban J connectivity index is 2.18. The van der Waals surface area contributed by atoms with E-state index in [2.05, 4.69) is 9.55 Å². The van der Waals surface area contributed by atoms with Gasteiger partial charge in [0.2, 0.25) is 0 Å². The van der Waals surface area contributed by atoms with Gasteiger partial charge in [-0.25, -0.2) is 4.98 Å². The second kappa shape index (κ2) is 2.66. The molecule has 3 nitrogen and oxygen atoms in total. The summed E-state index contributed by atoms with van der Waals surface area (Å²) in [5, 5.41) is 0. The molecule has 0 fully saturated rings. The highest BCUT2D eigenvalue weighted by molar-refractivity contribution is 4.96. The van der Waals surface area contributed by atoms with Crippen molar-refractivity contribution in [1.29, 1.82) is 0 Å². The average molecular weight is 152 g/mol. The van der Waals surface area contributed by atoms with E-state index in [1.165, 1.54) is 5.82 Å². The number of ether oxygens (including phenoxy) is 1. The lowest BCUT2D eigenvalue weighted by Gasteiger charge is -2.21. The Morgan fingerprint density at radius 3 is 3.45 bits per heavy atom. The minimum absolute atomic E-state index is 0.386. The number of aryl methyl sites for hydroxylation is 1. The molecule has 1 aromatic rings. The van der Waals surface area contributed by atoms with E-state index in [1.54, 1.807) is 7.11 Å². The molecule has 0 saturated heterocycles. The van der Waals surface area contributed by atoms with E-state index in [9.17, 15) is 0 Å². The number of aromatic nitrogens is 2. The SMILES string of the molecule is CO[C@H]1CCc2nccn2C1. The quantitative estimate of drug-likeness (QED) is 0.596. The standard InChI is InChI=1S/C8H12N2O/c1-11-7-2-3-8-9-4-5-10(8)6-7/h4-5,7H,2-3,6H2,1H3/t7-/m0/s1. The Labute approximate surface area is 66.0 Å². The summed E-state index contributed by atoms with van der Waals surface area (Å²) < 4.78 is 7.43. The predicted molar refractivity (Wildman–Crippen MR) is 41.3 cm³/mol. The summed E-state index contributed by atoms with van der Waals surface area (Å²) in [6.07, 6.45) is 6.41. The van der Waals surface area contributed by atoms with Crippen LogP contribution < -0.4 is 0 Å². The zero-order valence-corrected chi connectivity index (χ0v) is 6.66. The fraction of sp³-hybridized carbons (Fsp3) is 0.625. The van der Waals surface area contributed by atoms with Crippen LogP contribution in [0.2, 0.25) is 0 Å². The molecule has 0 unspecified atom stereocenters. The minimum atomic E-state index is 0.386. The summed E-state index contributed by atoms with van der Waals surface area (Å²) in [7, 11) is 1.77. The van der Waals surface area contributed by atoms with Crippen LogP contribution in [0.1, 0.15) is 12.2 Å². The summed E-state index contributed by atoms with van der Waals surface area (Å²) in [4.78, 5) is 4.23. The van der Waals surface area contributed by atoms with Gasteiger partial charge >= 0.3 is 0 Å². The van der Waals surface area contributed by atoms with Gasteiger partial charge in [0.05, 0.1) is 12.6 Å². The lowest BCUT2D eigenvalue weighted by atomic mass is 10.1. The lowest BCUT2D eigenvalue weighted by Crippen LogP contribution is -2.25. The van der Waals surface area contributed by atoms with Crippen molar-refractivity contribution < 1.29 is 4.74 Å². The normalized spacial score (nSPS) is 23.2. The molecule has 0 spiro atoms. The maximum atomic E-state index is 5.27. The van der Waals surface area contributed by atoms with Crippen molar-refractivity contribution in [3.63, 3.8) is 0 Å². The van der Waals surface area contributed by atoms with Crippen LogP contribution in [-0.2, 0) is 17.7 Å². The number of fused-ring (bicyclic) bond motifs is 1. The van der Waals surface area contributed by atoms with Crippen LogP contribution in [0.15, 0.2) is 12.4 Å². The Kier molecular flexibility index (Phi) is 1.66. The van der Waals surface area contributed by atoms with Crippen molar-refractivity contribution >= 4 is 0 Å². The van der Waals surface area contributed by atoms with E-state index in [-0.39, 0.29) is 0 Å². The van der Waals surface area contributed by atoms with Gasteiger partial charge in [0.15, 0.2) is 0 Å². The molecule has 0 N–H and O–H groups in total. The monoisotopic (exact) mass is 152 g/mol.